The summed E-state index contributed by atoms with van der Waals surface area (Å²) in [6.45, 7) is 0.860. The Morgan fingerprint density at radius 2 is 1.56 bits per heavy atom. The Bertz CT molecular complexity index is 243. The predicted molar refractivity (Wildman–Crippen MR) is 63.9 cm³/mol. The third-order valence-corrected chi connectivity index (χ3v) is 2.32. The number of carbonyl (C=O) groups is 2. The molecule has 1 amide bonds. The van der Waals surface area contributed by atoms with Crippen LogP contribution in [0.5, 0.6) is 0 Å². The van der Waals surface area contributed by atoms with Gasteiger partial charge in [-0.3, -0.25) is 9.59 Å². The van der Waals surface area contributed by atoms with Crippen LogP contribution in [0.4, 0.5) is 0 Å². The van der Waals surface area contributed by atoms with Crippen molar-refractivity contribution in [3.8, 4) is 0 Å². The number of hydrogen-bond donors (Lipinski definition) is 3. The molecule has 0 saturated carbocycles. The molecule has 0 aliphatic carbocycles. The highest BCUT2D eigenvalue weighted by Gasteiger charge is 2.29. The summed E-state index contributed by atoms with van der Waals surface area (Å²) in [7, 11) is 0. The van der Waals surface area contributed by atoms with E-state index in [4.69, 9.17) is 16.6 Å². The molecule has 1 heterocycles. The lowest BCUT2D eigenvalue weighted by atomic mass is 10.2. The van der Waals surface area contributed by atoms with Gasteiger partial charge in [-0.15, -0.1) is 24.8 Å². The number of hydrogen-bond acceptors (Lipinski definition) is 4. The third-order valence-electron chi connectivity index (χ3n) is 2.32. The van der Waals surface area contributed by atoms with Crippen molar-refractivity contribution in [2.45, 2.75) is 24.9 Å². The van der Waals surface area contributed by atoms with Gasteiger partial charge in [0, 0.05) is 31.6 Å². The van der Waals surface area contributed by atoms with Gasteiger partial charge >= 0.3 is 5.97 Å². The van der Waals surface area contributed by atoms with Gasteiger partial charge in [0.15, 0.2) is 0 Å². The van der Waals surface area contributed by atoms with Crippen molar-refractivity contribution < 1.29 is 14.7 Å². The summed E-state index contributed by atoms with van der Waals surface area (Å²) in [6.07, 6.45) is -0.116. The van der Waals surface area contributed by atoms with E-state index in [0.29, 0.717) is 13.1 Å². The van der Waals surface area contributed by atoms with Crippen molar-refractivity contribution >= 4 is 36.7 Å². The topological polar surface area (TPSA) is 110 Å². The lowest BCUT2D eigenvalue weighted by molar-refractivity contribution is -0.140. The van der Waals surface area contributed by atoms with E-state index in [2.05, 4.69) is 0 Å². The van der Waals surface area contributed by atoms with Gasteiger partial charge < -0.3 is 21.5 Å². The molecule has 0 spiro atoms. The fourth-order valence-electron chi connectivity index (χ4n) is 1.43. The molecule has 1 rings (SSSR count). The molecule has 6 nitrogen and oxygen atoms in total. The Hall–Kier alpha value is -0.560. The van der Waals surface area contributed by atoms with Crippen LogP contribution in [0.25, 0.3) is 0 Å². The fraction of sp³-hybridized carbons (Fsp3) is 0.750. The van der Waals surface area contributed by atoms with Crippen molar-refractivity contribution in [2.24, 2.45) is 11.5 Å². The molecule has 1 saturated heterocycles. The monoisotopic (exact) mass is 273 g/mol. The van der Waals surface area contributed by atoms with Crippen LogP contribution < -0.4 is 11.5 Å². The number of carbonyl (C=O) groups excluding carboxylic acids is 1. The lowest BCUT2D eigenvalue weighted by Gasteiger charge is -2.14. The number of likely N-dealkylation sites (tertiary alicyclic amines) is 1. The fourth-order valence-corrected chi connectivity index (χ4v) is 1.43. The Morgan fingerprint density at radius 1 is 1.12 bits per heavy atom. The molecular weight excluding hydrogens is 257 g/mol. The Labute approximate surface area is 106 Å². The summed E-state index contributed by atoms with van der Waals surface area (Å²) in [5, 5.41) is 8.39. The molecule has 96 valence electrons. The zero-order chi connectivity index (χ0) is 10.7. The second-order valence-corrected chi connectivity index (χ2v) is 3.52. The van der Waals surface area contributed by atoms with Crippen molar-refractivity contribution in [3.63, 3.8) is 0 Å². The van der Waals surface area contributed by atoms with Crippen LogP contribution in [0.1, 0.15) is 12.8 Å². The van der Waals surface area contributed by atoms with Crippen LogP contribution in [0.2, 0.25) is 0 Å². The molecule has 2 atom stereocenters. The first-order valence-corrected chi connectivity index (χ1v) is 4.51. The molecule has 0 aromatic heterocycles. The Morgan fingerprint density at radius 3 is 1.94 bits per heavy atom. The number of nitrogens with zero attached hydrogens (tertiary/aromatic N) is 1. The molecule has 1 aliphatic rings. The first kappa shape index (κ1) is 17.8. The number of halogens is 2. The maximum Gasteiger partial charge on any atom is 0.303 e. The highest BCUT2D eigenvalue weighted by Crippen LogP contribution is 2.08. The van der Waals surface area contributed by atoms with E-state index in [0.717, 1.165) is 0 Å². The first-order chi connectivity index (χ1) is 6.50. The van der Waals surface area contributed by atoms with Gasteiger partial charge in [0.2, 0.25) is 5.91 Å². The Balaban J connectivity index is 0. The molecular formula is C8H17Cl2N3O3. The molecule has 5 N–H and O–H groups in total. The van der Waals surface area contributed by atoms with Crippen LogP contribution in [-0.2, 0) is 9.59 Å². The molecule has 0 aromatic carbocycles. The summed E-state index contributed by atoms with van der Waals surface area (Å²) >= 11 is 0. The molecule has 1 aliphatic heterocycles. The highest BCUT2D eigenvalue weighted by molar-refractivity contribution is 5.85. The smallest absolute Gasteiger partial charge is 0.303 e. The van der Waals surface area contributed by atoms with E-state index in [-0.39, 0.29) is 55.6 Å². The first-order valence-electron chi connectivity index (χ1n) is 4.51. The molecule has 0 aromatic rings. The lowest BCUT2D eigenvalue weighted by Crippen LogP contribution is -2.39. The van der Waals surface area contributed by atoms with Crippen LogP contribution in [0.15, 0.2) is 0 Å². The summed E-state index contributed by atoms with van der Waals surface area (Å²) in [5.74, 6) is -1.15. The standard InChI is InChI=1S/C8H15N3O3.2ClH/c9-5-3-11(4-6(5)10)7(12)1-2-8(13)14;;/h5-6H,1-4,9-10H2,(H,13,14);2*1H. The van der Waals surface area contributed by atoms with E-state index in [1.54, 1.807) is 0 Å². The quantitative estimate of drug-likeness (QED) is 0.623. The number of nitrogens with two attached hydrogens (primary N) is 2. The van der Waals surface area contributed by atoms with Gasteiger partial charge in [-0.2, -0.15) is 0 Å². The van der Waals surface area contributed by atoms with E-state index >= 15 is 0 Å². The number of rotatable bonds is 3. The zero-order valence-corrected chi connectivity index (χ0v) is 10.3. The summed E-state index contributed by atoms with van der Waals surface area (Å²) in [4.78, 5) is 23.1. The maximum atomic E-state index is 11.4. The average Bonchev–Trinajstić information content (AvgIpc) is 2.43. The maximum absolute atomic E-state index is 11.4. The summed E-state index contributed by atoms with van der Waals surface area (Å²) in [5.41, 5.74) is 11.3. The predicted octanol–water partition coefficient (Wildman–Crippen LogP) is -0.808. The average molecular weight is 274 g/mol. The Kier molecular flexibility index (Phi) is 8.54. The van der Waals surface area contributed by atoms with Crippen molar-refractivity contribution in [1.82, 2.24) is 4.90 Å². The van der Waals surface area contributed by atoms with Crippen molar-refractivity contribution in [1.29, 1.82) is 0 Å². The van der Waals surface area contributed by atoms with E-state index in [1.165, 1.54) is 4.90 Å². The van der Waals surface area contributed by atoms with E-state index in [1.807, 2.05) is 0 Å². The van der Waals surface area contributed by atoms with Gasteiger partial charge in [-0.05, 0) is 0 Å². The van der Waals surface area contributed by atoms with Gasteiger partial charge in [-0.1, -0.05) is 0 Å². The normalized spacial score (nSPS) is 23.2. The van der Waals surface area contributed by atoms with Gasteiger partial charge in [0.25, 0.3) is 0 Å². The minimum Gasteiger partial charge on any atom is -0.481 e. The van der Waals surface area contributed by atoms with Gasteiger partial charge in [0.1, 0.15) is 0 Å². The van der Waals surface area contributed by atoms with Crippen molar-refractivity contribution in [3.05, 3.63) is 0 Å². The number of carboxylic acids is 1. The van der Waals surface area contributed by atoms with Gasteiger partial charge in [-0.25, -0.2) is 0 Å². The molecule has 1 fully saturated rings. The SMILES string of the molecule is Cl.Cl.NC1CN(C(=O)CCC(=O)O)CC1N. The van der Waals surface area contributed by atoms with Crippen LogP contribution in [0.3, 0.4) is 0 Å². The summed E-state index contributed by atoms with van der Waals surface area (Å²) in [6, 6.07) is -0.382. The third kappa shape index (κ3) is 4.98. The number of aliphatic carboxylic acids is 1. The molecule has 2 unspecified atom stereocenters. The van der Waals surface area contributed by atoms with Crippen LogP contribution >= 0.6 is 24.8 Å². The van der Waals surface area contributed by atoms with Crippen molar-refractivity contribution in [2.75, 3.05) is 13.1 Å². The minimum absolute atomic E-state index is 0. The van der Waals surface area contributed by atoms with E-state index in [9.17, 15) is 9.59 Å². The molecule has 16 heavy (non-hydrogen) atoms. The summed E-state index contributed by atoms with van der Waals surface area (Å²) < 4.78 is 0. The second-order valence-electron chi connectivity index (χ2n) is 3.52. The second kappa shape index (κ2) is 7.67. The highest BCUT2D eigenvalue weighted by atomic mass is 35.5. The molecule has 8 heteroatoms. The molecule has 0 bridgehead atoms. The van der Waals surface area contributed by atoms with Crippen LogP contribution in [0, 0.1) is 0 Å². The van der Waals surface area contributed by atoms with E-state index < -0.39 is 5.97 Å². The zero-order valence-electron chi connectivity index (χ0n) is 8.67. The van der Waals surface area contributed by atoms with Crippen LogP contribution in [-0.4, -0.2) is 47.1 Å². The largest absolute Gasteiger partial charge is 0.481 e. The van der Waals surface area contributed by atoms with Gasteiger partial charge in [0.05, 0.1) is 6.42 Å². The number of carboxylic acid groups (broad SMARTS) is 1. The minimum atomic E-state index is -0.967. The molecule has 0 radical (unpaired) electrons. The number of amides is 1.